The van der Waals surface area contributed by atoms with E-state index >= 15 is 0 Å². The first-order valence-electron chi connectivity index (χ1n) is 14.2. The van der Waals surface area contributed by atoms with Crippen LogP contribution in [0.4, 0.5) is 35.1 Å². The van der Waals surface area contributed by atoms with Gasteiger partial charge in [0.05, 0.1) is 18.3 Å². The van der Waals surface area contributed by atoms with Gasteiger partial charge in [-0.15, -0.1) is 0 Å². The Balaban J connectivity index is -0.000000139. The predicted octanol–water partition coefficient (Wildman–Crippen LogP) is 12.9. The smallest absolute Gasteiger partial charge is 0.412 e. The zero-order valence-electron chi connectivity index (χ0n) is 29.3. The van der Waals surface area contributed by atoms with Gasteiger partial charge in [-0.05, 0) is 105 Å². The van der Waals surface area contributed by atoms with Crippen LogP contribution >= 0.6 is 0 Å². The van der Waals surface area contributed by atoms with Crippen molar-refractivity contribution in [3.8, 4) is 0 Å². The highest BCUT2D eigenvalue weighted by molar-refractivity contribution is 5.74. The molecular formula is C33H54F8N2O2. The fraction of sp³-hybridized carbons (Fsp3) is 0.576. The van der Waals surface area contributed by atoms with Gasteiger partial charge in [0.15, 0.2) is 0 Å². The van der Waals surface area contributed by atoms with E-state index in [1.807, 2.05) is 46.9 Å². The molecule has 0 bridgehead atoms. The summed E-state index contributed by atoms with van der Waals surface area (Å²) in [6, 6.07) is 1.95. The van der Waals surface area contributed by atoms with Crippen LogP contribution < -0.4 is 0 Å². The van der Waals surface area contributed by atoms with Crippen molar-refractivity contribution in [2.24, 2.45) is 0 Å². The van der Waals surface area contributed by atoms with Gasteiger partial charge >= 0.3 is 6.18 Å². The van der Waals surface area contributed by atoms with E-state index in [2.05, 4.69) is 10.2 Å². The van der Waals surface area contributed by atoms with Crippen molar-refractivity contribution in [3.05, 3.63) is 76.3 Å². The summed E-state index contributed by atoms with van der Waals surface area (Å²) >= 11 is 0. The van der Waals surface area contributed by atoms with Gasteiger partial charge in [0.1, 0.15) is 11.5 Å². The van der Waals surface area contributed by atoms with Crippen LogP contribution in [0.15, 0.2) is 58.1 Å². The van der Waals surface area contributed by atoms with E-state index in [9.17, 15) is 39.9 Å². The van der Waals surface area contributed by atoms with Crippen LogP contribution in [0.1, 0.15) is 111 Å². The van der Waals surface area contributed by atoms with Crippen molar-refractivity contribution in [1.82, 2.24) is 10.2 Å². The van der Waals surface area contributed by atoms with Crippen LogP contribution in [0, 0.1) is 27.7 Å². The molecule has 0 spiro atoms. The predicted molar refractivity (Wildman–Crippen MR) is 169 cm³/mol. The largest absolute Gasteiger partial charge is 0.469 e. The van der Waals surface area contributed by atoms with Gasteiger partial charge < -0.3 is 9.21 Å². The van der Waals surface area contributed by atoms with E-state index < -0.39 is 23.8 Å². The molecule has 0 amide bonds. The summed E-state index contributed by atoms with van der Waals surface area (Å²) in [4.78, 5) is 9.81. The van der Waals surface area contributed by atoms with E-state index in [1.54, 1.807) is 27.0 Å². The van der Waals surface area contributed by atoms with Crippen LogP contribution in [-0.4, -0.2) is 28.1 Å². The third-order valence-electron chi connectivity index (χ3n) is 5.45. The average molecular weight is 663 g/mol. The monoisotopic (exact) mass is 662 g/mol. The summed E-state index contributed by atoms with van der Waals surface area (Å²) in [5, 5.41) is 6.61. The molecule has 12 heteroatoms. The number of nitrogens with one attached hydrogen (secondary N) is 1. The summed E-state index contributed by atoms with van der Waals surface area (Å²) in [5.41, 5.74) is 3.23. The molecule has 2 aromatic heterocycles. The minimum absolute atomic E-state index is 0.0625. The Morgan fingerprint density at radius 1 is 0.867 bits per heavy atom. The van der Waals surface area contributed by atoms with Crippen molar-refractivity contribution < 1.29 is 44.3 Å². The zero-order valence-corrected chi connectivity index (χ0v) is 29.3. The molecule has 45 heavy (non-hydrogen) atoms. The van der Waals surface area contributed by atoms with E-state index in [0.717, 1.165) is 31.4 Å². The lowest BCUT2D eigenvalue weighted by Crippen LogP contribution is -2.07. The third kappa shape index (κ3) is 43.0. The number of ketones is 1. The molecule has 0 saturated heterocycles. The highest BCUT2D eigenvalue weighted by atomic mass is 19.4. The Morgan fingerprint density at radius 2 is 1.29 bits per heavy atom. The fourth-order valence-electron chi connectivity index (χ4n) is 1.16. The maximum absolute atomic E-state index is 11.5. The Kier molecular flexibility index (Phi) is 33.7. The molecule has 264 valence electrons. The molecule has 0 atom stereocenters. The second kappa shape index (κ2) is 29.5. The van der Waals surface area contributed by atoms with Gasteiger partial charge in [0.25, 0.3) is 6.08 Å². The number of Topliss-reactive ketones (excluding diaryl/α,β-unsaturated/α-hetero) is 1. The summed E-state index contributed by atoms with van der Waals surface area (Å²) in [5.74, 6) is -1.31. The number of hydrogen-bond acceptors (Lipinski definition) is 3. The number of aromatic amines is 1. The number of aryl methyl sites for hydroxylation is 4. The Hall–Kier alpha value is -3.18. The van der Waals surface area contributed by atoms with E-state index in [0.29, 0.717) is 12.8 Å². The minimum atomic E-state index is -4.13. The van der Waals surface area contributed by atoms with Crippen molar-refractivity contribution in [2.45, 2.75) is 128 Å². The van der Waals surface area contributed by atoms with Crippen LogP contribution in [0.2, 0.25) is 0 Å². The van der Waals surface area contributed by atoms with Gasteiger partial charge in [0, 0.05) is 24.1 Å². The maximum Gasteiger partial charge on any atom is 0.412 e. The summed E-state index contributed by atoms with van der Waals surface area (Å²) in [7, 11) is 0. The summed E-state index contributed by atoms with van der Waals surface area (Å²) in [6.07, 6.45) is 1.35. The summed E-state index contributed by atoms with van der Waals surface area (Å²) in [6.45, 7) is 22.4. The quantitative estimate of drug-likeness (QED) is 0.263. The van der Waals surface area contributed by atoms with Crippen LogP contribution in [0.5, 0.6) is 0 Å². The van der Waals surface area contributed by atoms with Crippen LogP contribution in [-0.2, 0) is 4.79 Å². The molecule has 4 nitrogen and oxygen atoms in total. The third-order valence-corrected chi connectivity index (χ3v) is 5.45. The molecule has 0 fully saturated rings. The zero-order chi connectivity index (χ0) is 37.0. The summed E-state index contributed by atoms with van der Waals surface area (Å²) < 4.78 is 95.9. The lowest BCUT2D eigenvalue weighted by atomic mass is 10.3. The molecule has 2 heterocycles. The van der Waals surface area contributed by atoms with E-state index in [1.165, 1.54) is 44.9 Å². The number of allylic oxidation sites excluding steroid dienone is 5. The first-order valence-corrected chi connectivity index (χ1v) is 14.2. The number of halogens is 8. The molecule has 0 aliphatic heterocycles. The number of furan rings is 1. The molecule has 0 aliphatic carbocycles. The number of nitrogens with zero attached hydrogens (tertiary/aromatic N) is 1. The van der Waals surface area contributed by atoms with Gasteiger partial charge in [-0.2, -0.15) is 27.1 Å². The molecule has 2 aromatic rings. The van der Waals surface area contributed by atoms with Crippen molar-refractivity contribution >= 4 is 5.78 Å². The normalized spacial score (nSPS) is 10.6. The first kappa shape index (κ1) is 51.4. The molecule has 0 radical (unpaired) electrons. The van der Waals surface area contributed by atoms with Gasteiger partial charge in [0.2, 0.25) is 5.92 Å². The van der Waals surface area contributed by atoms with Crippen molar-refractivity contribution in [2.75, 3.05) is 0 Å². The second-order valence-corrected chi connectivity index (χ2v) is 9.56. The van der Waals surface area contributed by atoms with Crippen LogP contribution in [0.3, 0.4) is 0 Å². The number of carbonyl (C=O) groups excluding carboxylic acids is 1. The standard InChI is InChI=1S/C6H8O.C5H7F3.C5H8F2.C5H8N2.C4H8F2.C4H7F.C4H8O/c1-5-3-4-7-6(5)2;1-3-4(2)5(6,7)8;1-3-4(2)5(6)7;1-4-3-6-7-5(4)2;1-3-4(2,5)6;2*1-3-4(2)5/h3-4H,1-2H3;3H,1-2H3;3H2,1-2H3;3H,1-2H3,(H,6,7);3H2,1-2H3;3H,1-2H3;3H2,1-2H3/b;4-3+;;;;4-3+;. The van der Waals surface area contributed by atoms with Crippen molar-refractivity contribution in [1.29, 1.82) is 0 Å². The first-order chi connectivity index (χ1) is 20.4. The molecule has 0 aliphatic rings. The number of H-pyrrole nitrogens is 1. The van der Waals surface area contributed by atoms with E-state index in [-0.39, 0.29) is 23.6 Å². The minimum Gasteiger partial charge on any atom is -0.469 e. The van der Waals surface area contributed by atoms with Gasteiger partial charge in [-0.25, -0.2) is 13.2 Å². The lowest BCUT2D eigenvalue weighted by molar-refractivity contribution is -0.116. The van der Waals surface area contributed by atoms with Crippen LogP contribution in [0.25, 0.3) is 0 Å². The highest BCUT2D eigenvalue weighted by Gasteiger charge is 2.28. The highest BCUT2D eigenvalue weighted by Crippen LogP contribution is 2.24. The topological polar surface area (TPSA) is 58.9 Å². The molecule has 1 N–H and O–H groups in total. The Morgan fingerprint density at radius 3 is 1.33 bits per heavy atom. The molecule has 0 unspecified atom stereocenters. The van der Waals surface area contributed by atoms with Gasteiger partial charge in [-0.3, -0.25) is 5.10 Å². The average Bonchev–Trinajstić information content (AvgIpc) is 3.53. The number of hydrogen-bond donors (Lipinski definition) is 1. The molecule has 0 saturated carbocycles. The molecular weight excluding hydrogens is 608 g/mol. The fourth-order valence-corrected chi connectivity index (χ4v) is 1.16. The van der Waals surface area contributed by atoms with E-state index in [4.69, 9.17) is 4.42 Å². The maximum atomic E-state index is 11.5. The number of alkyl halides is 5. The number of aromatic nitrogens is 2. The van der Waals surface area contributed by atoms with Gasteiger partial charge in [-0.1, -0.05) is 32.9 Å². The molecule has 2 rings (SSSR count). The SMILES string of the molecule is C/C=C(\C)C(F)(F)F.C/C=C(\C)F.CCC(C)(F)F.CCC(C)=C(F)F.CCC(C)=O.Cc1ccoc1C.Cc1cn[nH]c1C. The molecule has 0 aromatic carbocycles. The van der Waals surface area contributed by atoms with Crippen molar-refractivity contribution in [3.63, 3.8) is 0 Å². The second-order valence-electron chi connectivity index (χ2n) is 9.56. The Bertz CT molecular complexity index is 1010. The number of rotatable bonds is 3. The lowest BCUT2D eigenvalue weighted by Gasteiger charge is -2.03. The Labute approximate surface area is 265 Å². The number of carbonyl (C=O) groups is 1.